The predicted molar refractivity (Wildman–Crippen MR) is 60.5 cm³/mol. The normalized spacial score (nSPS) is 13.8. The van der Waals surface area contributed by atoms with Gasteiger partial charge in [-0.15, -0.1) is 0 Å². The quantitative estimate of drug-likeness (QED) is 0.760. The second-order valence-corrected chi connectivity index (χ2v) is 3.41. The third kappa shape index (κ3) is 1.93. The van der Waals surface area contributed by atoms with Gasteiger partial charge in [0.05, 0.1) is 5.69 Å². The van der Waals surface area contributed by atoms with Crippen LogP contribution < -0.4 is 11.1 Å². The lowest BCUT2D eigenvalue weighted by molar-refractivity contribution is 1.01. The third-order valence-electron chi connectivity index (χ3n) is 2.33. The summed E-state index contributed by atoms with van der Waals surface area (Å²) in [6.07, 6.45) is 4.12. The second kappa shape index (κ2) is 4.24. The van der Waals surface area contributed by atoms with Crippen LogP contribution in [0.2, 0.25) is 0 Å². The van der Waals surface area contributed by atoms with E-state index >= 15 is 0 Å². The number of nitrogens with zero attached hydrogens (tertiary/aromatic N) is 1. The molecule has 0 saturated heterocycles. The van der Waals surface area contributed by atoms with E-state index in [1.807, 2.05) is 6.21 Å². The van der Waals surface area contributed by atoms with Crippen molar-refractivity contribution in [1.82, 2.24) is 0 Å². The molecule has 1 heterocycles. The summed E-state index contributed by atoms with van der Waals surface area (Å²) in [4.78, 5) is 4.34. The van der Waals surface area contributed by atoms with Gasteiger partial charge >= 0.3 is 0 Å². The van der Waals surface area contributed by atoms with Gasteiger partial charge in [-0.3, -0.25) is 4.99 Å². The summed E-state index contributed by atoms with van der Waals surface area (Å²) in [7, 11) is 0. The van der Waals surface area contributed by atoms with Gasteiger partial charge in [0.2, 0.25) is 0 Å². The van der Waals surface area contributed by atoms with Crippen LogP contribution in [0.15, 0.2) is 23.2 Å². The molecule has 74 valence electrons. The fraction of sp³-hybridized carbons (Fsp3) is 0.364. The zero-order valence-electron chi connectivity index (χ0n) is 8.16. The van der Waals surface area contributed by atoms with Crippen molar-refractivity contribution in [2.45, 2.75) is 12.8 Å². The van der Waals surface area contributed by atoms with Crippen molar-refractivity contribution in [1.29, 1.82) is 0 Å². The Balaban J connectivity index is 2.17. The maximum atomic E-state index is 5.43. The molecule has 1 aliphatic rings. The van der Waals surface area contributed by atoms with Crippen molar-refractivity contribution in [3.05, 3.63) is 23.8 Å². The lowest BCUT2D eigenvalue weighted by atomic mass is 10.0. The van der Waals surface area contributed by atoms with E-state index in [1.165, 1.54) is 5.56 Å². The van der Waals surface area contributed by atoms with Gasteiger partial charge in [-0.05, 0) is 36.6 Å². The van der Waals surface area contributed by atoms with E-state index in [-0.39, 0.29) is 0 Å². The molecular formula is C11H15N3. The van der Waals surface area contributed by atoms with E-state index in [0.717, 1.165) is 30.8 Å². The molecule has 1 aromatic carbocycles. The van der Waals surface area contributed by atoms with Crippen LogP contribution in [-0.2, 0) is 6.42 Å². The molecule has 0 bridgehead atoms. The Labute approximate surface area is 84.0 Å². The summed E-state index contributed by atoms with van der Waals surface area (Å²) in [6.45, 7) is 1.48. The molecule has 0 spiro atoms. The predicted octanol–water partition coefficient (Wildman–Crippen LogP) is 1.71. The lowest BCUT2D eigenvalue weighted by Crippen LogP contribution is -2.13. The highest BCUT2D eigenvalue weighted by Crippen LogP contribution is 2.26. The Bertz CT molecular complexity index is 344. The number of benzene rings is 1. The first-order valence-electron chi connectivity index (χ1n) is 4.99. The second-order valence-electron chi connectivity index (χ2n) is 3.41. The van der Waals surface area contributed by atoms with Crippen molar-refractivity contribution in [2.24, 2.45) is 10.7 Å². The van der Waals surface area contributed by atoms with Crippen LogP contribution in [-0.4, -0.2) is 19.3 Å². The van der Waals surface area contributed by atoms with Gasteiger partial charge in [0.1, 0.15) is 0 Å². The standard InChI is InChI=1S/C11H15N3/c12-5-7-13-10-3-4-11-9(8-10)2-1-6-14-11/h3-4,6,8,13H,1-2,5,7,12H2. The van der Waals surface area contributed by atoms with Crippen molar-refractivity contribution >= 4 is 17.6 Å². The fourth-order valence-electron chi connectivity index (χ4n) is 1.62. The van der Waals surface area contributed by atoms with Crippen LogP contribution in [0.3, 0.4) is 0 Å². The van der Waals surface area contributed by atoms with Crippen LogP contribution in [0.5, 0.6) is 0 Å². The molecule has 3 N–H and O–H groups in total. The highest BCUT2D eigenvalue weighted by atomic mass is 14.9. The molecule has 0 fully saturated rings. The summed E-state index contributed by atoms with van der Waals surface area (Å²) in [6, 6.07) is 6.28. The molecule has 0 amide bonds. The van der Waals surface area contributed by atoms with Crippen LogP contribution >= 0.6 is 0 Å². The summed E-state index contributed by atoms with van der Waals surface area (Å²) in [5.41, 5.74) is 9.01. The first-order valence-corrected chi connectivity index (χ1v) is 4.99. The number of fused-ring (bicyclic) bond motifs is 1. The van der Waals surface area contributed by atoms with E-state index in [1.54, 1.807) is 0 Å². The molecule has 1 aliphatic heterocycles. The maximum absolute atomic E-state index is 5.43. The zero-order chi connectivity index (χ0) is 9.80. The Morgan fingerprint density at radius 1 is 1.43 bits per heavy atom. The van der Waals surface area contributed by atoms with Crippen LogP contribution in [0.4, 0.5) is 11.4 Å². The number of hydrogen-bond donors (Lipinski definition) is 2. The van der Waals surface area contributed by atoms with E-state index in [9.17, 15) is 0 Å². The molecule has 1 aromatic rings. The van der Waals surface area contributed by atoms with Gasteiger partial charge in [-0.2, -0.15) is 0 Å². The molecule has 3 heteroatoms. The monoisotopic (exact) mass is 189 g/mol. The molecule has 3 nitrogen and oxygen atoms in total. The fourth-order valence-corrected chi connectivity index (χ4v) is 1.62. The highest BCUT2D eigenvalue weighted by Gasteiger charge is 2.05. The minimum Gasteiger partial charge on any atom is -0.384 e. The van der Waals surface area contributed by atoms with Gasteiger partial charge in [0, 0.05) is 25.0 Å². The third-order valence-corrected chi connectivity index (χ3v) is 2.33. The lowest BCUT2D eigenvalue weighted by Gasteiger charge is -2.12. The molecule has 0 saturated carbocycles. The molecule has 0 aromatic heterocycles. The Hall–Kier alpha value is -1.35. The highest BCUT2D eigenvalue weighted by molar-refractivity contribution is 5.70. The first-order chi connectivity index (χ1) is 6.90. The summed E-state index contributed by atoms with van der Waals surface area (Å²) >= 11 is 0. The molecule has 0 radical (unpaired) electrons. The molecule has 14 heavy (non-hydrogen) atoms. The number of aliphatic imine (C=N–C) groups is 1. The number of hydrogen-bond acceptors (Lipinski definition) is 3. The average Bonchev–Trinajstić information content (AvgIpc) is 2.26. The number of aryl methyl sites for hydroxylation is 1. The van der Waals surface area contributed by atoms with Gasteiger partial charge in [-0.25, -0.2) is 0 Å². The smallest absolute Gasteiger partial charge is 0.0659 e. The Morgan fingerprint density at radius 2 is 2.36 bits per heavy atom. The zero-order valence-corrected chi connectivity index (χ0v) is 8.16. The number of anilines is 1. The average molecular weight is 189 g/mol. The summed E-state index contributed by atoms with van der Waals surface area (Å²) < 4.78 is 0. The molecule has 2 rings (SSSR count). The van der Waals surface area contributed by atoms with Crippen LogP contribution in [0, 0.1) is 0 Å². The number of rotatable bonds is 3. The van der Waals surface area contributed by atoms with Crippen molar-refractivity contribution < 1.29 is 0 Å². The first kappa shape index (κ1) is 9.21. The minimum atomic E-state index is 0.662. The number of nitrogens with one attached hydrogen (secondary N) is 1. The van der Waals surface area contributed by atoms with Crippen molar-refractivity contribution in [3.63, 3.8) is 0 Å². The van der Waals surface area contributed by atoms with Gasteiger partial charge in [0.15, 0.2) is 0 Å². The summed E-state index contributed by atoms with van der Waals surface area (Å²) in [5.74, 6) is 0. The van der Waals surface area contributed by atoms with Crippen LogP contribution in [0.1, 0.15) is 12.0 Å². The van der Waals surface area contributed by atoms with E-state index in [2.05, 4.69) is 28.5 Å². The topological polar surface area (TPSA) is 50.4 Å². The Morgan fingerprint density at radius 3 is 3.21 bits per heavy atom. The van der Waals surface area contributed by atoms with Crippen molar-refractivity contribution in [2.75, 3.05) is 18.4 Å². The van der Waals surface area contributed by atoms with E-state index in [4.69, 9.17) is 5.73 Å². The summed E-state index contributed by atoms with van der Waals surface area (Å²) in [5, 5.41) is 3.27. The van der Waals surface area contributed by atoms with Gasteiger partial charge in [0.25, 0.3) is 0 Å². The molecular weight excluding hydrogens is 174 g/mol. The van der Waals surface area contributed by atoms with Crippen molar-refractivity contribution in [3.8, 4) is 0 Å². The molecule has 0 atom stereocenters. The van der Waals surface area contributed by atoms with Crippen LogP contribution in [0.25, 0.3) is 0 Å². The largest absolute Gasteiger partial charge is 0.384 e. The van der Waals surface area contributed by atoms with Gasteiger partial charge < -0.3 is 11.1 Å². The molecule has 0 unspecified atom stereocenters. The SMILES string of the molecule is NCCNc1ccc2c(c1)CCC=N2. The number of nitrogens with two attached hydrogens (primary N) is 1. The van der Waals surface area contributed by atoms with Gasteiger partial charge in [-0.1, -0.05) is 0 Å². The van der Waals surface area contributed by atoms with E-state index in [0.29, 0.717) is 6.54 Å². The molecule has 0 aliphatic carbocycles. The van der Waals surface area contributed by atoms with E-state index < -0.39 is 0 Å². The minimum absolute atomic E-state index is 0.662. The maximum Gasteiger partial charge on any atom is 0.0659 e. The Kier molecular flexibility index (Phi) is 2.79.